The van der Waals surface area contributed by atoms with Crippen molar-refractivity contribution in [3.8, 4) is 5.88 Å². The highest BCUT2D eigenvalue weighted by Crippen LogP contribution is 2.22. The molecule has 1 rings (SSSR count). The van der Waals surface area contributed by atoms with Crippen LogP contribution >= 0.6 is 15.9 Å². The molecule has 0 aromatic carbocycles. The van der Waals surface area contributed by atoms with Crippen molar-refractivity contribution in [1.82, 2.24) is 9.97 Å². The summed E-state index contributed by atoms with van der Waals surface area (Å²) in [7, 11) is 1.77. The third-order valence-electron chi connectivity index (χ3n) is 1.38. The average molecular weight is 246 g/mol. The third kappa shape index (κ3) is 2.84. The summed E-state index contributed by atoms with van der Waals surface area (Å²) in [6.07, 6.45) is 2.63. The topological polar surface area (TPSA) is 47.0 Å². The van der Waals surface area contributed by atoms with E-state index in [9.17, 15) is 0 Å². The molecule has 0 fully saturated rings. The van der Waals surface area contributed by atoms with Crippen LogP contribution in [0.5, 0.6) is 5.88 Å². The molecule has 0 saturated carbocycles. The zero-order valence-electron chi connectivity index (χ0n) is 7.67. The first kappa shape index (κ1) is 10.2. The van der Waals surface area contributed by atoms with Gasteiger partial charge in [0.05, 0.1) is 17.3 Å². The summed E-state index contributed by atoms with van der Waals surface area (Å²) >= 11 is 3.31. The summed E-state index contributed by atoms with van der Waals surface area (Å²) in [4.78, 5) is 8.15. The van der Waals surface area contributed by atoms with E-state index >= 15 is 0 Å². The lowest BCUT2D eigenvalue weighted by atomic mass is 10.5. The van der Waals surface area contributed by atoms with Crippen LogP contribution in [0.2, 0.25) is 0 Å². The van der Waals surface area contributed by atoms with Gasteiger partial charge in [0, 0.05) is 7.05 Å². The highest BCUT2D eigenvalue weighted by Gasteiger charge is 2.04. The maximum absolute atomic E-state index is 5.39. The van der Waals surface area contributed by atoms with Gasteiger partial charge in [-0.2, -0.15) is 4.98 Å². The van der Waals surface area contributed by atoms with Crippen LogP contribution in [0.25, 0.3) is 0 Å². The Bertz CT molecular complexity index is 280. The first-order chi connectivity index (χ1) is 6.27. The fraction of sp³-hybridized carbons (Fsp3) is 0.500. The molecule has 0 aliphatic carbocycles. The summed E-state index contributed by atoms with van der Waals surface area (Å²) in [5, 5.41) is 2.85. The second kappa shape index (κ2) is 5.01. The minimum Gasteiger partial charge on any atom is -0.477 e. The van der Waals surface area contributed by atoms with Crippen LogP contribution in [0.3, 0.4) is 0 Å². The van der Waals surface area contributed by atoms with E-state index in [1.807, 2.05) is 6.92 Å². The van der Waals surface area contributed by atoms with Gasteiger partial charge in [0.2, 0.25) is 11.8 Å². The average Bonchev–Trinajstić information content (AvgIpc) is 2.17. The van der Waals surface area contributed by atoms with Crippen LogP contribution in [0.15, 0.2) is 10.7 Å². The van der Waals surface area contributed by atoms with Crippen molar-refractivity contribution in [3.63, 3.8) is 0 Å². The van der Waals surface area contributed by atoms with E-state index in [1.54, 1.807) is 13.2 Å². The van der Waals surface area contributed by atoms with Crippen LogP contribution in [0.1, 0.15) is 13.3 Å². The molecule has 0 saturated heterocycles. The number of hydrogen-bond donors (Lipinski definition) is 1. The molecule has 4 nitrogen and oxygen atoms in total. The van der Waals surface area contributed by atoms with E-state index in [-0.39, 0.29) is 0 Å². The molecule has 1 aromatic rings. The first-order valence-electron chi connectivity index (χ1n) is 4.11. The second-order valence-electron chi connectivity index (χ2n) is 2.45. The molecule has 0 bridgehead atoms. The molecule has 0 aliphatic rings. The van der Waals surface area contributed by atoms with E-state index in [4.69, 9.17) is 4.74 Å². The molecule has 0 aliphatic heterocycles. The molecule has 1 N–H and O–H groups in total. The Morgan fingerprint density at radius 2 is 2.38 bits per heavy atom. The van der Waals surface area contributed by atoms with Crippen molar-refractivity contribution in [3.05, 3.63) is 10.7 Å². The predicted molar refractivity (Wildman–Crippen MR) is 55.1 cm³/mol. The van der Waals surface area contributed by atoms with Gasteiger partial charge in [0.1, 0.15) is 0 Å². The van der Waals surface area contributed by atoms with E-state index in [1.165, 1.54) is 0 Å². The minimum atomic E-state index is 0.564. The van der Waals surface area contributed by atoms with Gasteiger partial charge >= 0.3 is 0 Å². The Morgan fingerprint density at radius 3 is 3.00 bits per heavy atom. The van der Waals surface area contributed by atoms with Crippen LogP contribution in [-0.2, 0) is 0 Å². The molecule has 1 heterocycles. The van der Waals surface area contributed by atoms with Gasteiger partial charge < -0.3 is 10.1 Å². The molecule has 0 atom stereocenters. The monoisotopic (exact) mass is 245 g/mol. The van der Waals surface area contributed by atoms with Crippen molar-refractivity contribution < 1.29 is 4.74 Å². The van der Waals surface area contributed by atoms with Crippen LogP contribution < -0.4 is 10.1 Å². The van der Waals surface area contributed by atoms with Crippen molar-refractivity contribution >= 4 is 21.9 Å². The molecule has 0 spiro atoms. The number of nitrogens with zero attached hydrogens (tertiary/aromatic N) is 2. The number of halogens is 1. The summed E-state index contributed by atoms with van der Waals surface area (Å²) in [6, 6.07) is 0. The number of ether oxygens (including phenoxy) is 1. The van der Waals surface area contributed by atoms with E-state index in [2.05, 4.69) is 31.2 Å². The third-order valence-corrected chi connectivity index (χ3v) is 1.92. The molecular formula is C8H12BrN3O. The van der Waals surface area contributed by atoms with Crippen LogP contribution in [0.4, 0.5) is 5.95 Å². The second-order valence-corrected chi connectivity index (χ2v) is 3.30. The fourth-order valence-corrected chi connectivity index (χ4v) is 1.08. The molecule has 72 valence electrons. The molecule has 5 heteroatoms. The van der Waals surface area contributed by atoms with Crippen LogP contribution in [0, 0.1) is 0 Å². The standard InChI is InChI=1S/C8H12BrN3O/c1-3-4-13-7-6(9)5-11-8(10-2)12-7/h5H,3-4H2,1-2H3,(H,10,11,12). The Balaban J connectivity index is 2.78. The molecular weight excluding hydrogens is 234 g/mol. The number of rotatable bonds is 4. The largest absolute Gasteiger partial charge is 0.477 e. The van der Waals surface area contributed by atoms with E-state index in [0.717, 1.165) is 10.9 Å². The van der Waals surface area contributed by atoms with Gasteiger partial charge in [0.15, 0.2) is 0 Å². The fourth-order valence-electron chi connectivity index (χ4n) is 0.772. The number of aromatic nitrogens is 2. The Hall–Kier alpha value is -0.840. The maximum atomic E-state index is 5.39. The normalized spacial score (nSPS) is 9.77. The lowest BCUT2D eigenvalue weighted by Gasteiger charge is -2.06. The Kier molecular flexibility index (Phi) is 3.95. The van der Waals surface area contributed by atoms with Crippen molar-refractivity contribution in [2.24, 2.45) is 0 Å². The highest BCUT2D eigenvalue weighted by molar-refractivity contribution is 9.10. The zero-order chi connectivity index (χ0) is 9.68. The predicted octanol–water partition coefficient (Wildman–Crippen LogP) is 2.07. The lowest BCUT2D eigenvalue weighted by Crippen LogP contribution is -2.02. The van der Waals surface area contributed by atoms with Gasteiger partial charge in [-0.3, -0.25) is 0 Å². The van der Waals surface area contributed by atoms with Crippen LogP contribution in [-0.4, -0.2) is 23.6 Å². The van der Waals surface area contributed by atoms with Gasteiger partial charge in [-0.15, -0.1) is 0 Å². The smallest absolute Gasteiger partial charge is 0.232 e. The van der Waals surface area contributed by atoms with Gasteiger partial charge in [0.25, 0.3) is 0 Å². The van der Waals surface area contributed by atoms with Gasteiger partial charge in [-0.1, -0.05) is 6.92 Å². The summed E-state index contributed by atoms with van der Waals surface area (Å²) in [6.45, 7) is 2.72. The maximum Gasteiger partial charge on any atom is 0.232 e. The number of hydrogen-bond acceptors (Lipinski definition) is 4. The molecule has 0 radical (unpaired) electrons. The quantitative estimate of drug-likeness (QED) is 0.883. The van der Waals surface area contributed by atoms with E-state index < -0.39 is 0 Å². The molecule has 13 heavy (non-hydrogen) atoms. The van der Waals surface area contributed by atoms with Crippen molar-refractivity contribution in [2.75, 3.05) is 19.0 Å². The molecule has 0 amide bonds. The zero-order valence-corrected chi connectivity index (χ0v) is 9.26. The number of nitrogens with one attached hydrogen (secondary N) is 1. The van der Waals surface area contributed by atoms with Crippen molar-refractivity contribution in [2.45, 2.75) is 13.3 Å². The van der Waals surface area contributed by atoms with Gasteiger partial charge in [-0.05, 0) is 22.4 Å². The summed E-state index contributed by atoms with van der Waals surface area (Å²) in [5.41, 5.74) is 0. The highest BCUT2D eigenvalue weighted by atomic mass is 79.9. The summed E-state index contributed by atoms with van der Waals surface area (Å²) < 4.78 is 6.17. The summed E-state index contributed by atoms with van der Waals surface area (Å²) in [5.74, 6) is 1.15. The van der Waals surface area contributed by atoms with Crippen molar-refractivity contribution in [1.29, 1.82) is 0 Å². The lowest BCUT2D eigenvalue weighted by molar-refractivity contribution is 0.303. The SMILES string of the molecule is CCCOc1nc(NC)ncc1Br. The molecule has 0 unspecified atom stereocenters. The van der Waals surface area contributed by atoms with Gasteiger partial charge in [-0.25, -0.2) is 4.98 Å². The Morgan fingerprint density at radius 1 is 1.62 bits per heavy atom. The Labute approximate surface area is 85.9 Å². The van der Waals surface area contributed by atoms with E-state index in [0.29, 0.717) is 18.4 Å². The first-order valence-corrected chi connectivity index (χ1v) is 4.90. The minimum absolute atomic E-state index is 0.564. The molecule has 1 aromatic heterocycles. The number of anilines is 1.